The molecular formula is C10H8ClNO2S. The molecule has 0 saturated carbocycles. The fourth-order valence-corrected chi connectivity index (χ4v) is 2.24. The van der Waals surface area contributed by atoms with Crippen molar-refractivity contribution in [1.29, 1.82) is 0 Å². The van der Waals surface area contributed by atoms with Crippen molar-refractivity contribution in [3.8, 4) is 0 Å². The predicted molar refractivity (Wildman–Crippen MR) is 58.4 cm³/mol. The molecule has 0 atom stereocenters. The number of benzene rings is 1. The first-order valence-corrected chi connectivity index (χ1v) is 5.61. The lowest BCUT2D eigenvalue weighted by molar-refractivity contribution is -0.131. The maximum Gasteiger partial charge on any atom is 0.240 e. The summed E-state index contributed by atoms with van der Waals surface area (Å²) < 4.78 is 1.21. The first-order valence-electron chi connectivity index (χ1n) is 4.46. The zero-order chi connectivity index (χ0) is 10.8. The SMILES string of the molecule is O=C1CCC(=O)N1Sc1ccc(Cl)cc1. The van der Waals surface area contributed by atoms with E-state index in [2.05, 4.69) is 0 Å². The van der Waals surface area contributed by atoms with Gasteiger partial charge in [-0.1, -0.05) is 11.6 Å². The minimum absolute atomic E-state index is 0.125. The maximum atomic E-state index is 11.3. The molecule has 15 heavy (non-hydrogen) atoms. The number of carbonyl (C=O) groups is 2. The smallest absolute Gasteiger partial charge is 0.240 e. The molecule has 0 bridgehead atoms. The lowest BCUT2D eigenvalue weighted by Crippen LogP contribution is -2.20. The second-order valence-electron chi connectivity index (χ2n) is 3.13. The quantitative estimate of drug-likeness (QED) is 0.590. The van der Waals surface area contributed by atoms with Gasteiger partial charge in [-0.2, -0.15) is 0 Å². The summed E-state index contributed by atoms with van der Waals surface area (Å²) in [7, 11) is 0. The molecule has 0 aromatic heterocycles. The van der Waals surface area contributed by atoms with Crippen molar-refractivity contribution >= 4 is 35.4 Å². The molecule has 0 radical (unpaired) electrons. The zero-order valence-electron chi connectivity index (χ0n) is 7.77. The first-order chi connectivity index (χ1) is 7.16. The summed E-state index contributed by atoms with van der Waals surface area (Å²) in [5, 5.41) is 0.637. The zero-order valence-corrected chi connectivity index (χ0v) is 9.35. The van der Waals surface area contributed by atoms with Gasteiger partial charge in [0.2, 0.25) is 11.8 Å². The van der Waals surface area contributed by atoms with Crippen LogP contribution in [0.25, 0.3) is 0 Å². The highest BCUT2D eigenvalue weighted by Gasteiger charge is 2.29. The van der Waals surface area contributed by atoms with Crippen LogP contribution in [0, 0.1) is 0 Å². The largest absolute Gasteiger partial charge is 0.273 e. The number of hydrogen-bond donors (Lipinski definition) is 0. The Morgan fingerprint density at radius 3 is 2.13 bits per heavy atom. The van der Waals surface area contributed by atoms with Crippen molar-refractivity contribution in [1.82, 2.24) is 4.31 Å². The van der Waals surface area contributed by atoms with Gasteiger partial charge in [-0.05, 0) is 36.2 Å². The maximum absolute atomic E-state index is 11.3. The van der Waals surface area contributed by atoms with Crippen LogP contribution in [0.5, 0.6) is 0 Å². The highest BCUT2D eigenvalue weighted by Crippen LogP contribution is 2.29. The Morgan fingerprint density at radius 1 is 1.07 bits per heavy atom. The Kier molecular flexibility index (Phi) is 2.98. The van der Waals surface area contributed by atoms with Crippen LogP contribution in [0.15, 0.2) is 29.2 Å². The monoisotopic (exact) mass is 241 g/mol. The van der Waals surface area contributed by atoms with Crippen LogP contribution in [0.1, 0.15) is 12.8 Å². The molecule has 1 aromatic rings. The van der Waals surface area contributed by atoms with Crippen molar-refractivity contribution in [2.75, 3.05) is 0 Å². The lowest BCUT2D eigenvalue weighted by Gasteiger charge is -2.11. The van der Waals surface area contributed by atoms with Crippen molar-refractivity contribution in [3.05, 3.63) is 29.3 Å². The molecule has 2 amide bonds. The van der Waals surface area contributed by atoms with E-state index in [1.807, 2.05) is 0 Å². The van der Waals surface area contributed by atoms with Gasteiger partial charge in [0.15, 0.2) is 0 Å². The van der Waals surface area contributed by atoms with E-state index < -0.39 is 0 Å². The predicted octanol–water partition coefficient (Wildman–Crippen LogP) is 2.50. The molecule has 1 saturated heterocycles. The van der Waals surface area contributed by atoms with Gasteiger partial charge >= 0.3 is 0 Å². The van der Waals surface area contributed by atoms with Crippen LogP contribution in [-0.4, -0.2) is 16.1 Å². The molecule has 0 spiro atoms. The summed E-state index contributed by atoms with van der Waals surface area (Å²) >= 11 is 6.88. The normalized spacial score (nSPS) is 16.2. The van der Waals surface area contributed by atoms with Crippen molar-refractivity contribution < 1.29 is 9.59 Å². The number of halogens is 1. The van der Waals surface area contributed by atoms with Crippen LogP contribution in [0.2, 0.25) is 5.02 Å². The molecule has 3 nitrogen and oxygen atoms in total. The van der Waals surface area contributed by atoms with E-state index in [-0.39, 0.29) is 11.8 Å². The fraction of sp³-hybridized carbons (Fsp3) is 0.200. The van der Waals surface area contributed by atoms with Crippen molar-refractivity contribution in [3.63, 3.8) is 0 Å². The molecule has 0 aliphatic carbocycles. The second kappa shape index (κ2) is 4.24. The van der Waals surface area contributed by atoms with Crippen LogP contribution in [-0.2, 0) is 9.59 Å². The molecule has 1 aromatic carbocycles. The Morgan fingerprint density at radius 2 is 1.60 bits per heavy atom. The summed E-state index contributed by atoms with van der Waals surface area (Å²) in [5.41, 5.74) is 0. The summed E-state index contributed by atoms with van der Waals surface area (Å²) in [4.78, 5) is 23.5. The fourth-order valence-electron chi connectivity index (χ4n) is 1.26. The van der Waals surface area contributed by atoms with E-state index in [1.54, 1.807) is 24.3 Å². The third-order valence-electron chi connectivity index (χ3n) is 2.02. The van der Waals surface area contributed by atoms with E-state index in [0.717, 1.165) is 16.8 Å². The second-order valence-corrected chi connectivity index (χ2v) is 4.58. The van der Waals surface area contributed by atoms with Gasteiger partial charge < -0.3 is 0 Å². The van der Waals surface area contributed by atoms with Gasteiger partial charge in [0.05, 0.1) is 0 Å². The van der Waals surface area contributed by atoms with Gasteiger partial charge in [0, 0.05) is 22.8 Å². The van der Waals surface area contributed by atoms with E-state index in [9.17, 15) is 9.59 Å². The van der Waals surface area contributed by atoms with Crippen LogP contribution in [0.4, 0.5) is 0 Å². The van der Waals surface area contributed by atoms with E-state index in [0.29, 0.717) is 17.9 Å². The lowest BCUT2D eigenvalue weighted by atomic mass is 10.4. The molecule has 1 aliphatic heterocycles. The molecule has 5 heteroatoms. The van der Waals surface area contributed by atoms with Gasteiger partial charge in [0.25, 0.3) is 0 Å². The Balaban J connectivity index is 2.11. The Labute approximate surface area is 96.5 Å². The van der Waals surface area contributed by atoms with E-state index in [4.69, 9.17) is 11.6 Å². The number of amides is 2. The van der Waals surface area contributed by atoms with Crippen LogP contribution in [0.3, 0.4) is 0 Å². The standard InChI is InChI=1S/C10H8ClNO2S/c11-7-1-3-8(4-2-7)15-12-9(13)5-6-10(12)14/h1-4H,5-6H2. The molecule has 0 N–H and O–H groups in total. The molecule has 1 fully saturated rings. The Bertz CT molecular complexity index is 388. The first kappa shape index (κ1) is 10.5. The minimum atomic E-state index is -0.125. The van der Waals surface area contributed by atoms with Crippen molar-refractivity contribution in [2.24, 2.45) is 0 Å². The molecule has 1 heterocycles. The van der Waals surface area contributed by atoms with Gasteiger partial charge in [-0.25, -0.2) is 4.31 Å². The number of hydrogen-bond acceptors (Lipinski definition) is 3. The van der Waals surface area contributed by atoms with Crippen LogP contribution < -0.4 is 0 Å². The number of carbonyl (C=O) groups excluding carboxylic acids is 2. The van der Waals surface area contributed by atoms with Crippen LogP contribution >= 0.6 is 23.5 Å². The van der Waals surface area contributed by atoms with Gasteiger partial charge in [-0.15, -0.1) is 0 Å². The summed E-state index contributed by atoms with van der Waals surface area (Å²) in [5.74, 6) is -0.250. The topological polar surface area (TPSA) is 37.4 Å². The average Bonchev–Trinajstić information content (AvgIpc) is 2.53. The van der Waals surface area contributed by atoms with Gasteiger partial charge in [0.1, 0.15) is 0 Å². The molecule has 1 aliphatic rings. The number of rotatable bonds is 2. The molecule has 0 unspecified atom stereocenters. The molecule has 78 valence electrons. The Hall–Kier alpha value is -1.00. The van der Waals surface area contributed by atoms with Gasteiger partial charge in [-0.3, -0.25) is 9.59 Å². The number of imide groups is 1. The molecule has 2 rings (SSSR count). The number of nitrogens with zero attached hydrogens (tertiary/aromatic N) is 1. The van der Waals surface area contributed by atoms with E-state index >= 15 is 0 Å². The highest BCUT2D eigenvalue weighted by molar-refractivity contribution is 7.98. The summed E-state index contributed by atoms with van der Waals surface area (Å²) in [6, 6.07) is 7.03. The summed E-state index contributed by atoms with van der Waals surface area (Å²) in [6.45, 7) is 0. The van der Waals surface area contributed by atoms with E-state index in [1.165, 1.54) is 4.31 Å². The molecular weight excluding hydrogens is 234 g/mol. The highest BCUT2D eigenvalue weighted by atomic mass is 35.5. The minimum Gasteiger partial charge on any atom is -0.273 e. The average molecular weight is 242 g/mol. The third-order valence-corrected chi connectivity index (χ3v) is 3.34. The third kappa shape index (κ3) is 2.33. The summed E-state index contributed by atoms with van der Waals surface area (Å²) in [6.07, 6.45) is 0.638. The van der Waals surface area contributed by atoms with Crippen molar-refractivity contribution in [2.45, 2.75) is 17.7 Å².